The summed E-state index contributed by atoms with van der Waals surface area (Å²) < 4.78 is 1.72. The lowest BCUT2D eigenvalue weighted by molar-refractivity contribution is 0.102. The van der Waals surface area contributed by atoms with E-state index in [4.69, 9.17) is 0 Å². The van der Waals surface area contributed by atoms with Gasteiger partial charge in [-0.25, -0.2) is 4.68 Å². The fraction of sp³-hybridized carbons (Fsp3) is 0.0588. The molecule has 1 heterocycles. The number of aromatic nitrogens is 2. The van der Waals surface area contributed by atoms with E-state index < -0.39 is 0 Å². The van der Waals surface area contributed by atoms with Gasteiger partial charge in [0.1, 0.15) is 0 Å². The standard InChI is InChI=1S/C17H15N3O/c1-13-7-5-10-15(16(13)20-12-6-11-18-20)17(21)19-14-8-3-2-4-9-14/h2-12H,1H3,(H,19,21). The van der Waals surface area contributed by atoms with Crippen LogP contribution in [0.1, 0.15) is 15.9 Å². The van der Waals surface area contributed by atoms with E-state index in [-0.39, 0.29) is 5.91 Å². The third-order valence-corrected chi connectivity index (χ3v) is 3.25. The van der Waals surface area contributed by atoms with Gasteiger partial charge in [-0.05, 0) is 36.8 Å². The lowest BCUT2D eigenvalue weighted by Gasteiger charge is -2.12. The van der Waals surface area contributed by atoms with Gasteiger partial charge in [0, 0.05) is 18.1 Å². The predicted octanol–water partition coefficient (Wildman–Crippen LogP) is 3.43. The third kappa shape index (κ3) is 2.69. The van der Waals surface area contributed by atoms with E-state index in [1.165, 1.54) is 0 Å². The first kappa shape index (κ1) is 13.1. The summed E-state index contributed by atoms with van der Waals surface area (Å²) in [6.45, 7) is 1.97. The highest BCUT2D eigenvalue weighted by atomic mass is 16.1. The highest BCUT2D eigenvalue weighted by Gasteiger charge is 2.15. The lowest BCUT2D eigenvalue weighted by atomic mass is 10.1. The van der Waals surface area contributed by atoms with Crippen LogP contribution in [-0.4, -0.2) is 15.7 Å². The second kappa shape index (κ2) is 5.63. The molecule has 0 aliphatic heterocycles. The molecule has 0 bridgehead atoms. The molecule has 1 aromatic heterocycles. The Morgan fingerprint density at radius 1 is 1.05 bits per heavy atom. The Labute approximate surface area is 123 Å². The van der Waals surface area contributed by atoms with Crippen LogP contribution in [0.25, 0.3) is 5.69 Å². The largest absolute Gasteiger partial charge is 0.322 e. The molecule has 0 unspecified atom stereocenters. The monoisotopic (exact) mass is 277 g/mol. The van der Waals surface area contributed by atoms with E-state index >= 15 is 0 Å². The Morgan fingerprint density at radius 3 is 2.57 bits per heavy atom. The lowest BCUT2D eigenvalue weighted by Crippen LogP contribution is -2.16. The Balaban J connectivity index is 1.99. The number of nitrogens with zero attached hydrogens (tertiary/aromatic N) is 2. The number of hydrogen-bond donors (Lipinski definition) is 1. The van der Waals surface area contributed by atoms with Crippen molar-refractivity contribution in [2.24, 2.45) is 0 Å². The highest BCUT2D eigenvalue weighted by Crippen LogP contribution is 2.20. The van der Waals surface area contributed by atoms with Crippen LogP contribution in [0.2, 0.25) is 0 Å². The molecule has 1 N–H and O–H groups in total. The number of aryl methyl sites for hydroxylation is 1. The normalized spacial score (nSPS) is 10.3. The van der Waals surface area contributed by atoms with Crippen LogP contribution in [0.3, 0.4) is 0 Å². The van der Waals surface area contributed by atoms with Gasteiger partial charge in [-0.2, -0.15) is 5.10 Å². The van der Waals surface area contributed by atoms with E-state index in [2.05, 4.69) is 10.4 Å². The van der Waals surface area contributed by atoms with Crippen molar-refractivity contribution in [2.45, 2.75) is 6.92 Å². The van der Waals surface area contributed by atoms with Crippen LogP contribution in [0.15, 0.2) is 67.0 Å². The van der Waals surface area contributed by atoms with Crippen LogP contribution in [0.5, 0.6) is 0 Å². The van der Waals surface area contributed by atoms with Gasteiger partial charge in [-0.15, -0.1) is 0 Å². The van der Waals surface area contributed by atoms with E-state index in [9.17, 15) is 4.79 Å². The van der Waals surface area contributed by atoms with Gasteiger partial charge in [0.15, 0.2) is 0 Å². The van der Waals surface area contributed by atoms with Crippen molar-refractivity contribution in [3.8, 4) is 5.69 Å². The maximum Gasteiger partial charge on any atom is 0.257 e. The molecule has 21 heavy (non-hydrogen) atoms. The van der Waals surface area contributed by atoms with Gasteiger partial charge in [-0.1, -0.05) is 30.3 Å². The molecule has 4 nitrogen and oxygen atoms in total. The van der Waals surface area contributed by atoms with Crippen LogP contribution < -0.4 is 5.32 Å². The molecule has 3 aromatic rings. The number of carbonyl (C=O) groups excluding carboxylic acids is 1. The second-order valence-corrected chi connectivity index (χ2v) is 4.74. The van der Waals surface area contributed by atoms with Crippen molar-refractivity contribution in [1.82, 2.24) is 9.78 Å². The number of carbonyl (C=O) groups is 1. The number of rotatable bonds is 3. The van der Waals surface area contributed by atoms with Crippen molar-refractivity contribution in [3.63, 3.8) is 0 Å². The molecule has 0 saturated heterocycles. The molecule has 2 aromatic carbocycles. The Hall–Kier alpha value is -2.88. The molecule has 0 aliphatic carbocycles. The molecule has 0 aliphatic rings. The minimum Gasteiger partial charge on any atom is -0.322 e. The van der Waals surface area contributed by atoms with E-state index in [1.807, 2.05) is 67.7 Å². The summed E-state index contributed by atoms with van der Waals surface area (Å²) in [5.74, 6) is -0.143. The first-order valence-corrected chi connectivity index (χ1v) is 6.72. The summed E-state index contributed by atoms with van der Waals surface area (Å²) in [6.07, 6.45) is 3.53. The topological polar surface area (TPSA) is 46.9 Å². The van der Waals surface area contributed by atoms with Gasteiger partial charge in [0.25, 0.3) is 5.91 Å². The van der Waals surface area contributed by atoms with Crippen LogP contribution in [0.4, 0.5) is 5.69 Å². The Kier molecular flexibility index (Phi) is 3.51. The van der Waals surface area contributed by atoms with Crippen molar-refractivity contribution in [3.05, 3.63) is 78.1 Å². The molecular formula is C17H15N3O. The number of anilines is 1. The first-order valence-electron chi connectivity index (χ1n) is 6.72. The minimum atomic E-state index is -0.143. The van der Waals surface area contributed by atoms with Crippen LogP contribution in [0, 0.1) is 6.92 Å². The molecule has 0 radical (unpaired) electrons. The smallest absolute Gasteiger partial charge is 0.257 e. The molecule has 0 spiro atoms. The van der Waals surface area contributed by atoms with E-state index in [0.29, 0.717) is 5.56 Å². The summed E-state index contributed by atoms with van der Waals surface area (Å²) in [5.41, 5.74) is 3.17. The van der Waals surface area contributed by atoms with Crippen molar-refractivity contribution in [1.29, 1.82) is 0 Å². The highest BCUT2D eigenvalue weighted by molar-refractivity contribution is 6.07. The summed E-state index contributed by atoms with van der Waals surface area (Å²) in [4.78, 5) is 12.5. The molecule has 0 atom stereocenters. The van der Waals surface area contributed by atoms with Gasteiger partial charge >= 0.3 is 0 Å². The zero-order valence-corrected chi connectivity index (χ0v) is 11.7. The first-order chi connectivity index (χ1) is 10.3. The number of hydrogen-bond acceptors (Lipinski definition) is 2. The molecular weight excluding hydrogens is 262 g/mol. The number of nitrogens with one attached hydrogen (secondary N) is 1. The SMILES string of the molecule is Cc1cccc(C(=O)Nc2ccccc2)c1-n1cccn1. The molecule has 1 amide bonds. The fourth-order valence-corrected chi connectivity index (χ4v) is 2.27. The Bertz CT molecular complexity index is 749. The average molecular weight is 277 g/mol. The zero-order chi connectivity index (χ0) is 14.7. The van der Waals surface area contributed by atoms with Crippen molar-refractivity contribution in [2.75, 3.05) is 5.32 Å². The quantitative estimate of drug-likeness (QED) is 0.797. The maximum absolute atomic E-state index is 12.5. The van der Waals surface area contributed by atoms with Crippen molar-refractivity contribution < 1.29 is 4.79 Å². The molecule has 3 rings (SSSR count). The van der Waals surface area contributed by atoms with Crippen LogP contribution >= 0.6 is 0 Å². The molecule has 0 saturated carbocycles. The van der Waals surface area contributed by atoms with E-state index in [1.54, 1.807) is 10.9 Å². The van der Waals surface area contributed by atoms with E-state index in [0.717, 1.165) is 16.9 Å². The minimum absolute atomic E-state index is 0.143. The van der Waals surface area contributed by atoms with Gasteiger partial charge in [-0.3, -0.25) is 4.79 Å². The van der Waals surface area contributed by atoms with Gasteiger partial charge < -0.3 is 5.32 Å². The van der Waals surface area contributed by atoms with Gasteiger partial charge in [0.2, 0.25) is 0 Å². The summed E-state index contributed by atoms with van der Waals surface area (Å²) in [7, 11) is 0. The summed E-state index contributed by atoms with van der Waals surface area (Å²) in [6, 6.07) is 16.9. The molecule has 4 heteroatoms. The van der Waals surface area contributed by atoms with Crippen molar-refractivity contribution >= 4 is 11.6 Å². The number of amides is 1. The Morgan fingerprint density at radius 2 is 1.86 bits per heavy atom. The predicted molar refractivity (Wildman–Crippen MR) is 82.7 cm³/mol. The molecule has 0 fully saturated rings. The average Bonchev–Trinajstić information content (AvgIpc) is 3.02. The fourth-order valence-electron chi connectivity index (χ4n) is 2.27. The molecule has 104 valence electrons. The third-order valence-electron chi connectivity index (χ3n) is 3.25. The number of benzene rings is 2. The summed E-state index contributed by atoms with van der Waals surface area (Å²) in [5, 5.41) is 7.14. The second-order valence-electron chi connectivity index (χ2n) is 4.74. The maximum atomic E-state index is 12.5. The van der Waals surface area contributed by atoms with Crippen LogP contribution in [-0.2, 0) is 0 Å². The summed E-state index contributed by atoms with van der Waals surface area (Å²) >= 11 is 0. The number of para-hydroxylation sites is 2. The van der Waals surface area contributed by atoms with Gasteiger partial charge in [0.05, 0.1) is 11.3 Å². The zero-order valence-electron chi connectivity index (χ0n) is 11.7.